The van der Waals surface area contributed by atoms with E-state index in [0.717, 1.165) is 37.2 Å². The van der Waals surface area contributed by atoms with E-state index in [-0.39, 0.29) is 18.2 Å². The largest absolute Gasteiger partial charge is 0.489 e. The molecule has 1 N–H and O–H groups in total. The van der Waals surface area contributed by atoms with E-state index in [2.05, 4.69) is 5.32 Å². The molecule has 22 heavy (non-hydrogen) atoms. The first-order valence-corrected chi connectivity index (χ1v) is 7.88. The summed E-state index contributed by atoms with van der Waals surface area (Å²) in [5, 5.41) is 2.95. The molecule has 1 saturated heterocycles. The van der Waals surface area contributed by atoms with E-state index >= 15 is 0 Å². The van der Waals surface area contributed by atoms with Crippen molar-refractivity contribution in [3.8, 4) is 5.75 Å². The highest BCUT2D eigenvalue weighted by Gasteiger charge is 2.22. The molecule has 1 aliphatic rings. The number of para-hydroxylation sites is 1. The monoisotopic (exact) mass is 306 g/mol. The second-order valence-corrected chi connectivity index (χ2v) is 5.80. The van der Waals surface area contributed by atoms with Gasteiger partial charge in [0.25, 0.3) is 0 Å². The number of hydrogen-bond acceptors (Lipinski definition) is 3. The third kappa shape index (κ3) is 4.63. The van der Waals surface area contributed by atoms with Crippen LogP contribution in [0.3, 0.4) is 0 Å². The fourth-order valence-electron chi connectivity index (χ4n) is 2.58. The molecule has 1 heterocycles. The molecule has 0 spiro atoms. The third-order valence-electron chi connectivity index (χ3n) is 4.03. The zero-order valence-electron chi connectivity index (χ0n) is 13.7. The van der Waals surface area contributed by atoms with E-state index in [1.807, 2.05) is 43.0 Å². The Morgan fingerprint density at radius 1 is 1.36 bits per heavy atom. The summed E-state index contributed by atoms with van der Waals surface area (Å²) < 4.78 is 11.2. The number of piperidine rings is 1. The van der Waals surface area contributed by atoms with Crippen molar-refractivity contribution in [1.82, 2.24) is 10.2 Å². The first-order valence-electron chi connectivity index (χ1n) is 7.88. The fraction of sp³-hybridized carbons (Fsp3) is 0.588. The van der Waals surface area contributed by atoms with Crippen molar-refractivity contribution in [3.05, 3.63) is 29.8 Å². The summed E-state index contributed by atoms with van der Waals surface area (Å²) in [6.07, 6.45) is 2.02. The molecule has 1 atom stereocenters. The Hall–Kier alpha value is -1.75. The highest BCUT2D eigenvalue weighted by Crippen LogP contribution is 2.17. The van der Waals surface area contributed by atoms with Gasteiger partial charge < -0.3 is 19.7 Å². The Balaban J connectivity index is 1.73. The minimum Gasteiger partial charge on any atom is -0.489 e. The predicted molar refractivity (Wildman–Crippen MR) is 86.3 cm³/mol. The standard InChI is InChI=1S/C17H26N2O3/c1-13-6-4-5-7-16(13)22-14(2)12-18-17(20)19-10-8-15(21-3)9-11-19/h4-7,14-15H,8-12H2,1-3H3,(H,18,20)/t14-/m1/s1. The Morgan fingerprint density at radius 3 is 2.68 bits per heavy atom. The van der Waals surface area contributed by atoms with Crippen molar-refractivity contribution in [2.24, 2.45) is 0 Å². The van der Waals surface area contributed by atoms with Crippen LogP contribution in [0.15, 0.2) is 24.3 Å². The highest BCUT2D eigenvalue weighted by atomic mass is 16.5. The molecule has 0 radical (unpaired) electrons. The van der Waals surface area contributed by atoms with Crippen molar-refractivity contribution in [2.45, 2.75) is 38.9 Å². The van der Waals surface area contributed by atoms with E-state index in [4.69, 9.17) is 9.47 Å². The number of hydrogen-bond donors (Lipinski definition) is 1. The van der Waals surface area contributed by atoms with Gasteiger partial charge in [0.1, 0.15) is 11.9 Å². The first-order chi connectivity index (χ1) is 10.6. The molecule has 1 aliphatic heterocycles. The summed E-state index contributed by atoms with van der Waals surface area (Å²) in [4.78, 5) is 14.0. The van der Waals surface area contributed by atoms with Crippen LogP contribution in [-0.4, -0.2) is 49.9 Å². The predicted octanol–water partition coefficient (Wildman–Crippen LogP) is 2.58. The lowest BCUT2D eigenvalue weighted by atomic mass is 10.1. The molecule has 0 aliphatic carbocycles. The van der Waals surface area contributed by atoms with E-state index in [1.54, 1.807) is 7.11 Å². The lowest BCUT2D eigenvalue weighted by Gasteiger charge is -2.31. The van der Waals surface area contributed by atoms with Crippen LogP contribution in [0.2, 0.25) is 0 Å². The molecule has 2 rings (SSSR count). The van der Waals surface area contributed by atoms with Crippen molar-refractivity contribution in [2.75, 3.05) is 26.7 Å². The lowest BCUT2D eigenvalue weighted by molar-refractivity contribution is 0.0500. The molecule has 5 heteroatoms. The van der Waals surface area contributed by atoms with Gasteiger partial charge in [0, 0.05) is 20.2 Å². The van der Waals surface area contributed by atoms with Gasteiger partial charge in [-0.25, -0.2) is 4.79 Å². The maximum absolute atomic E-state index is 12.1. The second kappa shape index (κ2) is 8.03. The lowest BCUT2D eigenvalue weighted by Crippen LogP contribution is -2.47. The number of nitrogens with zero attached hydrogens (tertiary/aromatic N) is 1. The number of rotatable bonds is 5. The second-order valence-electron chi connectivity index (χ2n) is 5.80. The minimum atomic E-state index is -0.0680. The van der Waals surface area contributed by atoms with E-state index < -0.39 is 0 Å². The van der Waals surface area contributed by atoms with Crippen molar-refractivity contribution in [3.63, 3.8) is 0 Å². The molecule has 5 nitrogen and oxygen atoms in total. The van der Waals surface area contributed by atoms with Crippen LogP contribution in [0.25, 0.3) is 0 Å². The van der Waals surface area contributed by atoms with Crippen LogP contribution in [0.5, 0.6) is 5.75 Å². The summed E-state index contributed by atoms with van der Waals surface area (Å²) in [5.41, 5.74) is 1.10. The molecule has 122 valence electrons. The molecule has 0 bridgehead atoms. The SMILES string of the molecule is COC1CCN(C(=O)NC[C@@H](C)Oc2ccccc2C)CC1. The van der Waals surface area contributed by atoms with E-state index in [9.17, 15) is 4.79 Å². The number of methoxy groups -OCH3 is 1. The van der Waals surface area contributed by atoms with Crippen LogP contribution < -0.4 is 10.1 Å². The van der Waals surface area contributed by atoms with Crippen LogP contribution in [0.4, 0.5) is 4.79 Å². The molecule has 0 aromatic heterocycles. The quantitative estimate of drug-likeness (QED) is 0.909. The van der Waals surface area contributed by atoms with Gasteiger partial charge >= 0.3 is 6.03 Å². The van der Waals surface area contributed by atoms with Crippen molar-refractivity contribution >= 4 is 6.03 Å². The Bertz CT molecular complexity index is 485. The molecule has 2 amide bonds. The van der Waals surface area contributed by atoms with Gasteiger partial charge in [0.15, 0.2) is 0 Å². The fourth-order valence-corrected chi connectivity index (χ4v) is 2.58. The number of aryl methyl sites for hydroxylation is 1. The number of likely N-dealkylation sites (tertiary alicyclic amines) is 1. The minimum absolute atomic E-state index is 0.0187. The number of benzene rings is 1. The van der Waals surface area contributed by atoms with Gasteiger partial charge in [-0.05, 0) is 38.3 Å². The number of carbonyl (C=O) groups excluding carboxylic acids is 1. The maximum atomic E-state index is 12.1. The third-order valence-corrected chi connectivity index (χ3v) is 4.03. The molecule has 1 aromatic carbocycles. The molecule has 1 aromatic rings. The van der Waals surface area contributed by atoms with Gasteiger partial charge in [-0.1, -0.05) is 18.2 Å². The summed E-state index contributed by atoms with van der Waals surface area (Å²) >= 11 is 0. The number of urea groups is 1. The first kappa shape index (κ1) is 16.6. The number of nitrogens with one attached hydrogen (secondary N) is 1. The molecule has 0 saturated carbocycles. The molecular formula is C17H26N2O3. The van der Waals surface area contributed by atoms with Gasteiger partial charge in [0.05, 0.1) is 12.6 Å². The van der Waals surface area contributed by atoms with E-state index in [1.165, 1.54) is 0 Å². The molecular weight excluding hydrogens is 280 g/mol. The maximum Gasteiger partial charge on any atom is 0.317 e. The Labute approximate surface area is 132 Å². The Kier molecular flexibility index (Phi) is 6.07. The summed E-state index contributed by atoms with van der Waals surface area (Å²) in [6.45, 7) is 5.97. The van der Waals surface area contributed by atoms with Gasteiger partial charge in [0.2, 0.25) is 0 Å². The number of amides is 2. The van der Waals surface area contributed by atoms with Crippen LogP contribution in [0, 0.1) is 6.92 Å². The van der Waals surface area contributed by atoms with E-state index in [0.29, 0.717) is 6.54 Å². The van der Waals surface area contributed by atoms with Crippen molar-refractivity contribution in [1.29, 1.82) is 0 Å². The normalized spacial score (nSPS) is 17.1. The average molecular weight is 306 g/mol. The summed E-state index contributed by atoms with van der Waals surface area (Å²) in [6, 6.07) is 7.88. The number of carbonyl (C=O) groups is 1. The van der Waals surface area contributed by atoms with Crippen LogP contribution >= 0.6 is 0 Å². The number of ether oxygens (including phenoxy) is 2. The molecule has 1 fully saturated rings. The molecule has 0 unspecified atom stereocenters. The smallest absolute Gasteiger partial charge is 0.317 e. The topological polar surface area (TPSA) is 50.8 Å². The zero-order chi connectivity index (χ0) is 15.9. The van der Waals surface area contributed by atoms with Gasteiger partial charge in [-0.2, -0.15) is 0 Å². The highest BCUT2D eigenvalue weighted by molar-refractivity contribution is 5.74. The van der Waals surface area contributed by atoms with Crippen LogP contribution in [0.1, 0.15) is 25.3 Å². The van der Waals surface area contributed by atoms with Gasteiger partial charge in [-0.3, -0.25) is 0 Å². The van der Waals surface area contributed by atoms with Crippen molar-refractivity contribution < 1.29 is 14.3 Å². The Morgan fingerprint density at radius 2 is 2.05 bits per heavy atom. The zero-order valence-corrected chi connectivity index (χ0v) is 13.7. The summed E-state index contributed by atoms with van der Waals surface area (Å²) in [5.74, 6) is 0.866. The van der Waals surface area contributed by atoms with Gasteiger partial charge in [-0.15, -0.1) is 0 Å². The average Bonchev–Trinajstić information content (AvgIpc) is 2.55. The summed E-state index contributed by atoms with van der Waals surface area (Å²) in [7, 11) is 1.73. The van der Waals surface area contributed by atoms with Crippen LogP contribution in [-0.2, 0) is 4.74 Å².